The monoisotopic (exact) mass is 433 g/mol. The van der Waals surface area contributed by atoms with Crippen LogP contribution in [0.2, 0.25) is 0 Å². The van der Waals surface area contributed by atoms with E-state index < -0.39 is 10.0 Å². The molecule has 0 amide bonds. The van der Waals surface area contributed by atoms with Crippen LogP contribution in [0.15, 0.2) is 39.0 Å². The molecule has 2 aliphatic heterocycles. The maximum Gasteiger partial charge on any atom is 0.252 e. The Morgan fingerprint density at radius 2 is 2.00 bits per heavy atom. The van der Waals surface area contributed by atoms with E-state index in [0.717, 1.165) is 23.3 Å². The van der Waals surface area contributed by atoms with Crippen molar-refractivity contribution < 1.29 is 22.3 Å². The molecule has 2 aliphatic rings. The summed E-state index contributed by atoms with van der Waals surface area (Å²) in [5.41, 5.74) is 0.738. The van der Waals surface area contributed by atoms with Crippen molar-refractivity contribution in [3.8, 4) is 23.0 Å². The van der Waals surface area contributed by atoms with Crippen molar-refractivity contribution in [2.45, 2.75) is 29.9 Å². The Hall–Kier alpha value is -2.43. The molecule has 0 radical (unpaired) electrons. The highest BCUT2D eigenvalue weighted by Crippen LogP contribution is 2.37. The molecule has 1 aromatic carbocycles. The van der Waals surface area contributed by atoms with Crippen molar-refractivity contribution in [1.29, 1.82) is 0 Å². The Morgan fingerprint density at radius 3 is 2.83 bits per heavy atom. The molecule has 0 saturated carbocycles. The number of nitrogens with zero attached hydrogens (tertiary/aromatic N) is 3. The van der Waals surface area contributed by atoms with Crippen LogP contribution in [-0.2, 0) is 10.0 Å². The Morgan fingerprint density at radius 1 is 1.14 bits per heavy atom. The molecule has 1 atom stereocenters. The lowest BCUT2D eigenvalue weighted by Crippen LogP contribution is -2.38. The third-order valence-electron chi connectivity index (χ3n) is 5.10. The first-order valence-corrected chi connectivity index (χ1v) is 11.6. The smallest absolute Gasteiger partial charge is 0.252 e. The summed E-state index contributed by atoms with van der Waals surface area (Å²) < 4.78 is 44.4. The van der Waals surface area contributed by atoms with Gasteiger partial charge in [0.25, 0.3) is 10.0 Å². The van der Waals surface area contributed by atoms with E-state index in [0.29, 0.717) is 40.6 Å². The van der Waals surface area contributed by atoms with Gasteiger partial charge in [-0.25, -0.2) is 8.42 Å². The number of rotatable bonds is 4. The zero-order valence-corrected chi connectivity index (χ0v) is 17.3. The second-order valence-electron chi connectivity index (χ2n) is 7.08. The van der Waals surface area contributed by atoms with Gasteiger partial charge in [-0.1, -0.05) is 0 Å². The summed E-state index contributed by atoms with van der Waals surface area (Å²) in [6.45, 7) is 2.93. The summed E-state index contributed by atoms with van der Waals surface area (Å²) >= 11 is 1.29. The normalized spacial score (nSPS) is 19.6. The van der Waals surface area contributed by atoms with E-state index in [1.807, 2.05) is 19.1 Å². The van der Waals surface area contributed by atoms with Gasteiger partial charge in [-0.2, -0.15) is 4.31 Å². The highest BCUT2D eigenvalue weighted by Gasteiger charge is 2.34. The summed E-state index contributed by atoms with van der Waals surface area (Å²) in [5, 5.41) is 8.35. The number of aromatic nitrogens is 2. The third kappa shape index (κ3) is 3.41. The van der Waals surface area contributed by atoms with Gasteiger partial charge in [0.05, 0.1) is 5.92 Å². The average Bonchev–Trinajstić information content (AvgIpc) is 3.47. The fraction of sp³-hybridized carbons (Fsp3) is 0.368. The van der Waals surface area contributed by atoms with Gasteiger partial charge in [0.1, 0.15) is 4.21 Å². The van der Waals surface area contributed by atoms with Crippen LogP contribution in [0.5, 0.6) is 11.5 Å². The molecular formula is C19H19N3O5S2. The van der Waals surface area contributed by atoms with Crippen LogP contribution in [0.3, 0.4) is 0 Å². The summed E-state index contributed by atoms with van der Waals surface area (Å²) in [4.78, 5) is 0.974. The van der Waals surface area contributed by atoms with Crippen molar-refractivity contribution >= 4 is 21.4 Å². The van der Waals surface area contributed by atoms with Gasteiger partial charge in [-0.15, -0.1) is 21.5 Å². The molecular weight excluding hydrogens is 414 g/mol. The highest BCUT2D eigenvalue weighted by atomic mass is 32.2. The topological polar surface area (TPSA) is 94.8 Å². The molecule has 3 aromatic rings. The molecule has 8 nitrogen and oxygen atoms in total. The summed E-state index contributed by atoms with van der Waals surface area (Å²) in [6.07, 6.45) is 1.55. The molecule has 29 heavy (non-hydrogen) atoms. The SMILES string of the molecule is Cc1ccc(S(=O)(=O)N2CCCC(c3nnc(-c4ccc5c(c4)OCO5)o3)C2)s1. The van der Waals surface area contributed by atoms with Crippen LogP contribution >= 0.6 is 11.3 Å². The zero-order chi connectivity index (χ0) is 20.0. The minimum absolute atomic E-state index is 0.130. The first kappa shape index (κ1) is 18.6. The van der Waals surface area contributed by atoms with Gasteiger partial charge >= 0.3 is 0 Å². The minimum atomic E-state index is -3.50. The van der Waals surface area contributed by atoms with Gasteiger partial charge in [0, 0.05) is 23.5 Å². The number of ether oxygens (including phenoxy) is 2. The van der Waals surface area contributed by atoms with E-state index in [4.69, 9.17) is 13.9 Å². The van der Waals surface area contributed by atoms with Crippen molar-refractivity contribution in [1.82, 2.24) is 14.5 Å². The van der Waals surface area contributed by atoms with Crippen LogP contribution in [0.25, 0.3) is 11.5 Å². The molecule has 0 N–H and O–H groups in total. The molecule has 5 rings (SSSR count). The largest absolute Gasteiger partial charge is 0.454 e. The highest BCUT2D eigenvalue weighted by molar-refractivity contribution is 7.91. The number of benzene rings is 1. The molecule has 1 unspecified atom stereocenters. The Balaban J connectivity index is 1.36. The maximum atomic E-state index is 13.0. The predicted molar refractivity (Wildman–Crippen MR) is 106 cm³/mol. The van der Waals surface area contributed by atoms with E-state index in [-0.39, 0.29) is 12.7 Å². The number of fused-ring (bicyclic) bond motifs is 1. The zero-order valence-electron chi connectivity index (χ0n) is 15.7. The molecule has 0 aliphatic carbocycles. The lowest BCUT2D eigenvalue weighted by molar-refractivity contribution is 0.174. The minimum Gasteiger partial charge on any atom is -0.454 e. The molecule has 2 aromatic heterocycles. The third-order valence-corrected chi connectivity index (χ3v) is 8.44. The molecule has 0 spiro atoms. The summed E-state index contributed by atoms with van der Waals surface area (Å²) in [7, 11) is -3.50. The molecule has 0 bridgehead atoms. The summed E-state index contributed by atoms with van der Waals surface area (Å²) in [6, 6.07) is 8.94. The van der Waals surface area contributed by atoms with E-state index in [2.05, 4.69) is 10.2 Å². The standard InChI is InChI=1S/C19H19N3O5S2/c1-12-4-7-17(28-12)29(23,24)22-8-2-3-14(10-22)19-21-20-18(27-19)13-5-6-15-16(9-13)26-11-25-15/h4-7,9,14H,2-3,8,10-11H2,1H3. The Bertz CT molecular complexity index is 1150. The second-order valence-corrected chi connectivity index (χ2v) is 10.5. The van der Waals surface area contributed by atoms with Crippen LogP contribution < -0.4 is 9.47 Å². The predicted octanol–water partition coefficient (Wildman–Crippen LogP) is 3.40. The first-order chi connectivity index (χ1) is 14.0. The van der Waals surface area contributed by atoms with Gasteiger partial charge in [-0.3, -0.25) is 0 Å². The van der Waals surface area contributed by atoms with Gasteiger partial charge in [0.2, 0.25) is 18.6 Å². The summed E-state index contributed by atoms with van der Waals surface area (Å²) in [5.74, 6) is 2.04. The second kappa shape index (κ2) is 7.12. The first-order valence-electron chi connectivity index (χ1n) is 9.31. The van der Waals surface area contributed by atoms with Crippen molar-refractivity contribution in [2.24, 2.45) is 0 Å². The maximum absolute atomic E-state index is 13.0. The molecule has 1 fully saturated rings. The fourth-order valence-electron chi connectivity index (χ4n) is 3.59. The average molecular weight is 434 g/mol. The van der Waals surface area contributed by atoms with Crippen LogP contribution in [0, 0.1) is 6.92 Å². The number of sulfonamides is 1. The molecule has 1 saturated heterocycles. The van der Waals surface area contributed by atoms with Crippen LogP contribution in [0.1, 0.15) is 29.5 Å². The van der Waals surface area contributed by atoms with Crippen LogP contribution in [0.4, 0.5) is 0 Å². The van der Waals surface area contributed by atoms with E-state index >= 15 is 0 Å². The van der Waals surface area contributed by atoms with Gasteiger partial charge in [0.15, 0.2) is 11.5 Å². The molecule has 10 heteroatoms. The lowest BCUT2D eigenvalue weighted by atomic mass is 10.00. The number of piperidine rings is 1. The number of hydrogen-bond donors (Lipinski definition) is 0. The van der Waals surface area contributed by atoms with E-state index in [9.17, 15) is 8.42 Å². The van der Waals surface area contributed by atoms with Crippen LogP contribution in [-0.4, -0.2) is 42.8 Å². The van der Waals surface area contributed by atoms with Crippen molar-refractivity contribution in [3.05, 3.63) is 41.1 Å². The quantitative estimate of drug-likeness (QED) is 0.622. The van der Waals surface area contributed by atoms with E-state index in [1.54, 1.807) is 18.2 Å². The number of hydrogen-bond acceptors (Lipinski definition) is 8. The van der Waals surface area contributed by atoms with Crippen molar-refractivity contribution in [3.63, 3.8) is 0 Å². The van der Waals surface area contributed by atoms with Gasteiger partial charge < -0.3 is 13.9 Å². The number of thiophene rings is 1. The fourth-order valence-corrected chi connectivity index (χ4v) is 6.55. The number of aryl methyl sites for hydroxylation is 1. The van der Waals surface area contributed by atoms with Gasteiger partial charge in [-0.05, 0) is 50.1 Å². The van der Waals surface area contributed by atoms with E-state index in [1.165, 1.54) is 15.6 Å². The molecule has 152 valence electrons. The van der Waals surface area contributed by atoms with Crippen molar-refractivity contribution in [2.75, 3.05) is 19.9 Å². The Kier molecular flexibility index (Phi) is 4.56. The molecule has 4 heterocycles. The lowest BCUT2D eigenvalue weighted by Gasteiger charge is -2.29. The Labute approximate surface area is 172 Å².